The molecule has 1 saturated heterocycles. The Morgan fingerprint density at radius 1 is 1.47 bits per heavy atom. The lowest BCUT2D eigenvalue weighted by Gasteiger charge is -2.30. The van der Waals surface area contributed by atoms with Crippen LogP contribution in [0.2, 0.25) is 0 Å². The van der Waals surface area contributed by atoms with Crippen molar-refractivity contribution in [2.45, 2.75) is 26.1 Å². The van der Waals surface area contributed by atoms with Crippen molar-refractivity contribution in [3.05, 3.63) is 27.0 Å². The standard InChI is InChI=1S/C12H20N4O3/c1-3-15-8-10(13)11(17)16(12(15)18)7-9-6-14(2)4-5-19-9/h8-9H,3-7,13H2,1-2H3. The summed E-state index contributed by atoms with van der Waals surface area (Å²) in [5.74, 6) is 0. The van der Waals surface area contributed by atoms with Crippen LogP contribution >= 0.6 is 0 Å². The van der Waals surface area contributed by atoms with Crippen molar-refractivity contribution in [3.8, 4) is 0 Å². The van der Waals surface area contributed by atoms with E-state index in [1.807, 2.05) is 14.0 Å². The van der Waals surface area contributed by atoms with Gasteiger partial charge >= 0.3 is 5.69 Å². The number of hydrogen-bond acceptors (Lipinski definition) is 5. The summed E-state index contributed by atoms with van der Waals surface area (Å²) in [4.78, 5) is 26.2. The molecule has 0 radical (unpaired) electrons. The van der Waals surface area contributed by atoms with E-state index in [0.29, 0.717) is 19.7 Å². The van der Waals surface area contributed by atoms with Gasteiger partial charge in [0.2, 0.25) is 0 Å². The van der Waals surface area contributed by atoms with Crippen molar-refractivity contribution < 1.29 is 4.74 Å². The number of hydrogen-bond donors (Lipinski definition) is 1. The molecule has 19 heavy (non-hydrogen) atoms. The molecule has 2 N–H and O–H groups in total. The Labute approximate surface area is 111 Å². The van der Waals surface area contributed by atoms with E-state index in [2.05, 4.69) is 4.90 Å². The second kappa shape index (κ2) is 5.58. The zero-order valence-electron chi connectivity index (χ0n) is 11.3. The van der Waals surface area contributed by atoms with Gasteiger partial charge in [-0.25, -0.2) is 4.79 Å². The van der Waals surface area contributed by atoms with E-state index in [9.17, 15) is 9.59 Å². The first kappa shape index (κ1) is 13.8. The Kier molecular flexibility index (Phi) is 4.06. The molecule has 1 atom stereocenters. The number of ether oxygens (including phenoxy) is 1. The van der Waals surface area contributed by atoms with Crippen LogP contribution < -0.4 is 17.0 Å². The van der Waals surface area contributed by atoms with Gasteiger partial charge in [0.15, 0.2) is 0 Å². The zero-order chi connectivity index (χ0) is 14.0. The van der Waals surface area contributed by atoms with E-state index < -0.39 is 5.56 Å². The second-order valence-electron chi connectivity index (χ2n) is 4.82. The molecule has 0 amide bonds. The fraction of sp³-hybridized carbons (Fsp3) is 0.667. The third kappa shape index (κ3) is 2.87. The average molecular weight is 268 g/mol. The van der Waals surface area contributed by atoms with Gasteiger partial charge in [-0.2, -0.15) is 0 Å². The number of likely N-dealkylation sites (N-methyl/N-ethyl adjacent to an activating group) is 1. The lowest BCUT2D eigenvalue weighted by atomic mass is 10.3. The minimum Gasteiger partial charge on any atom is -0.393 e. The number of nitrogens with zero attached hydrogens (tertiary/aromatic N) is 3. The van der Waals surface area contributed by atoms with Crippen molar-refractivity contribution in [2.75, 3.05) is 32.5 Å². The van der Waals surface area contributed by atoms with Gasteiger partial charge in [-0.15, -0.1) is 0 Å². The number of aryl methyl sites for hydroxylation is 1. The first-order valence-electron chi connectivity index (χ1n) is 6.42. The highest BCUT2D eigenvalue weighted by atomic mass is 16.5. The SMILES string of the molecule is CCn1cc(N)c(=O)n(CC2CN(C)CCO2)c1=O. The minimum absolute atomic E-state index is 0.0885. The first-order valence-corrected chi connectivity index (χ1v) is 6.42. The fourth-order valence-corrected chi connectivity index (χ4v) is 2.24. The lowest BCUT2D eigenvalue weighted by molar-refractivity contribution is -0.0286. The molecule has 2 heterocycles. The maximum Gasteiger partial charge on any atom is 0.331 e. The molecule has 0 bridgehead atoms. The zero-order valence-corrected chi connectivity index (χ0v) is 11.3. The van der Waals surface area contributed by atoms with E-state index >= 15 is 0 Å². The largest absolute Gasteiger partial charge is 0.393 e. The summed E-state index contributed by atoms with van der Waals surface area (Å²) in [5.41, 5.74) is 4.97. The molecule has 1 aromatic rings. The van der Waals surface area contributed by atoms with Crippen molar-refractivity contribution in [2.24, 2.45) is 0 Å². The molecule has 1 aromatic heterocycles. The van der Waals surface area contributed by atoms with Crippen LogP contribution in [0, 0.1) is 0 Å². The van der Waals surface area contributed by atoms with Gasteiger partial charge in [0.1, 0.15) is 5.69 Å². The van der Waals surface area contributed by atoms with Gasteiger partial charge < -0.3 is 15.4 Å². The number of nitrogen functional groups attached to an aromatic ring is 1. The van der Waals surface area contributed by atoms with Gasteiger partial charge in [0.05, 0.1) is 19.3 Å². The highest BCUT2D eigenvalue weighted by Gasteiger charge is 2.20. The van der Waals surface area contributed by atoms with E-state index in [1.54, 1.807) is 0 Å². The third-order valence-corrected chi connectivity index (χ3v) is 3.33. The van der Waals surface area contributed by atoms with Gasteiger partial charge in [-0.05, 0) is 14.0 Å². The summed E-state index contributed by atoms with van der Waals surface area (Å²) >= 11 is 0. The molecule has 0 aromatic carbocycles. The summed E-state index contributed by atoms with van der Waals surface area (Å²) in [6.07, 6.45) is 1.24. The smallest absolute Gasteiger partial charge is 0.331 e. The highest BCUT2D eigenvalue weighted by Crippen LogP contribution is 2.04. The van der Waals surface area contributed by atoms with E-state index in [4.69, 9.17) is 10.5 Å². The van der Waals surface area contributed by atoms with Crippen molar-refractivity contribution in [1.29, 1.82) is 0 Å². The number of morpholine rings is 1. The predicted octanol–water partition coefficient (Wildman–Crippen LogP) is -1.06. The van der Waals surface area contributed by atoms with E-state index in [1.165, 1.54) is 15.3 Å². The summed E-state index contributed by atoms with van der Waals surface area (Å²) in [5, 5.41) is 0. The van der Waals surface area contributed by atoms with Crippen LogP contribution in [0.1, 0.15) is 6.92 Å². The second-order valence-corrected chi connectivity index (χ2v) is 4.82. The number of anilines is 1. The first-order chi connectivity index (χ1) is 9.02. The van der Waals surface area contributed by atoms with Crippen LogP contribution in [-0.4, -0.2) is 46.9 Å². The molecule has 2 rings (SSSR count). The van der Waals surface area contributed by atoms with Gasteiger partial charge in [-0.1, -0.05) is 0 Å². The molecule has 7 heteroatoms. The van der Waals surface area contributed by atoms with Crippen LogP contribution in [0.3, 0.4) is 0 Å². The number of aromatic nitrogens is 2. The quantitative estimate of drug-likeness (QED) is 0.756. The molecule has 1 aliphatic rings. The van der Waals surface area contributed by atoms with Crippen LogP contribution in [0.5, 0.6) is 0 Å². The third-order valence-electron chi connectivity index (χ3n) is 3.33. The molecule has 0 spiro atoms. The lowest BCUT2D eigenvalue weighted by Crippen LogP contribution is -2.48. The number of rotatable bonds is 3. The molecular formula is C12H20N4O3. The number of nitrogens with two attached hydrogens (primary N) is 1. The normalized spacial score (nSPS) is 20.6. The molecule has 0 aliphatic carbocycles. The molecule has 1 unspecified atom stereocenters. The average Bonchev–Trinajstić information content (AvgIpc) is 2.39. The van der Waals surface area contributed by atoms with Crippen LogP contribution in [-0.2, 0) is 17.8 Å². The maximum atomic E-state index is 12.1. The summed E-state index contributed by atoms with van der Waals surface area (Å²) < 4.78 is 8.19. The predicted molar refractivity (Wildman–Crippen MR) is 72.3 cm³/mol. The van der Waals surface area contributed by atoms with Crippen molar-refractivity contribution in [1.82, 2.24) is 14.0 Å². The van der Waals surface area contributed by atoms with Gasteiger partial charge in [0, 0.05) is 25.8 Å². The molecule has 0 saturated carbocycles. The Bertz CT molecular complexity index is 563. The Hall–Kier alpha value is -1.60. The van der Waals surface area contributed by atoms with Gasteiger partial charge in [-0.3, -0.25) is 13.9 Å². The Morgan fingerprint density at radius 3 is 2.84 bits per heavy atom. The topological polar surface area (TPSA) is 82.5 Å². The molecule has 1 fully saturated rings. The van der Waals surface area contributed by atoms with Crippen molar-refractivity contribution in [3.63, 3.8) is 0 Å². The van der Waals surface area contributed by atoms with E-state index in [0.717, 1.165) is 6.54 Å². The molecule has 7 nitrogen and oxygen atoms in total. The summed E-state index contributed by atoms with van der Waals surface area (Å²) in [6.45, 7) is 4.73. The fourth-order valence-electron chi connectivity index (χ4n) is 2.24. The molecular weight excluding hydrogens is 248 g/mol. The van der Waals surface area contributed by atoms with E-state index in [-0.39, 0.29) is 24.0 Å². The van der Waals surface area contributed by atoms with Crippen LogP contribution in [0.15, 0.2) is 15.8 Å². The summed E-state index contributed by atoms with van der Waals surface area (Å²) in [6, 6.07) is 0. The minimum atomic E-state index is -0.438. The van der Waals surface area contributed by atoms with Gasteiger partial charge in [0.25, 0.3) is 5.56 Å². The van der Waals surface area contributed by atoms with Crippen LogP contribution in [0.4, 0.5) is 5.69 Å². The maximum absolute atomic E-state index is 12.1. The monoisotopic (exact) mass is 268 g/mol. The molecule has 1 aliphatic heterocycles. The highest BCUT2D eigenvalue weighted by molar-refractivity contribution is 5.30. The Balaban J connectivity index is 2.31. The summed E-state index contributed by atoms with van der Waals surface area (Å²) in [7, 11) is 1.99. The Morgan fingerprint density at radius 2 is 2.21 bits per heavy atom. The van der Waals surface area contributed by atoms with Crippen molar-refractivity contribution >= 4 is 5.69 Å². The van der Waals surface area contributed by atoms with Crippen LogP contribution in [0.25, 0.3) is 0 Å². The molecule has 106 valence electrons.